The average Bonchev–Trinajstić information content (AvgIpc) is 2.40. The molecule has 0 aliphatic heterocycles. The van der Waals surface area contributed by atoms with Crippen LogP contribution in [0.3, 0.4) is 0 Å². The maximum absolute atomic E-state index is 2.40. The van der Waals surface area contributed by atoms with E-state index in [1.807, 2.05) is 0 Å². The lowest BCUT2D eigenvalue weighted by atomic mass is 10.4. The van der Waals surface area contributed by atoms with E-state index in [0.29, 0.717) is 0 Å². The minimum atomic E-state index is -0.00989. The summed E-state index contributed by atoms with van der Waals surface area (Å²) in [6.07, 6.45) is 0. The van der Waals surface area contributed by atoms with Crippen molar-refractivity contribution < 1.29 is 0 Å². The van der Waals surface area contributed by atoms with Crippen LogP contribution in [0.2, 0.25) is 0 Å². The summed E-state index contributed by atoms with van der Waals surface area (Å²) in [6.45, 7) is 4.79. The van der Waals surface area contributed by atoms with E-state index in [2.05, 4.69) is 74.0 Å². The van der Waals surface area contributed by atoms with Crippen LogP contribution in [0.15, 0.2) is 60.7 Å². The molecule has 0 spiro atoms. The first-order chi connectivity index (χ1) is 8.27. The lowest BCUT2D eigenvalue weighted by Crippen LogP contribution is -2.05. The summed E-state index contributed by atoms with van der Waals surface area (Å²) in [7, 11) is -0.0198. The Kier molecular flexibility index (Phi) is 4.72. The fourth-order valence-electron chi connectivity index (χ4n) is 1.85. The van der Waals surface area contributed by atoms with Crippen LogP contribution in [0.1, 0.15) is 0 Å². The van der Waals surface area contributed by atoms with E-state index in [-0.39, 0.29) is 15.8 Å². The average molecular weight is 260 g/mol. The summed E-state index contributed by atoms with van der Waals surface area (Å²) in [6, 6.07) is 21.8. The first-order valence-electron chi connectivity index (χ1n) is 5.80. The van der Waals surface area contributed by atoms with Gasteiger partial charge in [0.2, 0.25) is 0 Å². The second kappa shape index (κ2) is 6.29. The van der Waals surface area contributed by atoms with Gasteiger partial charge in [-0.15, -0.1) is 0 Å². The van der Waals surface area contributed by atoms with E-state index < -0.39 is 0 Å². The van der Waals surface area contributed by atoms with E-state index in [9.17, 15) is 0 Å². The Morgan fingerprint density at radius 3 is 1.35 bits per heavy atom. The predicted octanol–water partition coefficient (Wildman–Crippen LogP) is 3.82. The fourth-order valence-corrected chi connectivity index (χ4v) is 7.06. The summed E-state index contributed by atoms with van der Waals surface area (Å²) in [4.78, 5) is 0. The van der Waals surface area contributed by atoms with Crippen molar-refractivity contribution in [3.05, 3.63) is 60.7 Å². The van der Waals surface area contributed by atoms with Crippen molar-refractivity contribution in [1.82, 2.24) is 0 Å². The molecule has 0 saturated carbocycles. The van der Waals surface area contributed by atoms with Gasteiger partial charge in [-0.2, -0.15) is 0 Å². The Morgan fingerprint density at radius 2 is 1.00 bits per heavy atom. The van der Waals surface area contributed by atoms with Crippen molar-refractivity contribution in [1.29, 1.82) is 0 Å². The molecule has 0 aliphatic carbocycles. The smallest absolute Gasteiger partial charge is 0.00449 e. The number of hydrogen-bond donors (Lipinski definition) is 0. The molecule has 0 aliphatic rings. The zero-order valence-corrected chi connectivity index (χ0v) is 12.2. The highest BCUT2D eigenvalue weighted by Crippen LogP contribution is 2.44. The fraction of sp³-hybridized carbons (Fsp3) is 0.200. The third-order valence-electron chi connectivity index (χ3n) is 2.82. The van der Waals surface area contributed by atoms with Gasteiger partial charge in [0, 0.05) is 0 Å². The molecule has 2 aromatic carbocycles. The third-order valence-corrected chi connectivity index (χ3v) is 8.57. The van der Waals surface area contributed by atoms with Gasteiger partial charge in [-0.25, -0.2) is 0 Å². The van der Waals surface area contributed by atoms with Crippen LogP contribution < -0.4 is 10.6 Å². The van der Waals surface area contributed by atoms with E-state index in [0.717, 1.165) is 0 Å². The molecule has 0 unspecified atom stereocenters. The van der Waals surface area contributed by atoms with Gasteiger partial charge in [0.05, 0.1) is 0 Å². The highest BCUT2D eigenvalue weighted by atomic mass is 31.2. The van der Waals surface area contributed by atoms with Gasteiger partial charge in [0.25, 0.3) is 0 Å². The molecule has 0 N–H and O–H groups in total. The van der Waals surface area contributed by atoms with Crippen LogP contribution in [-0.2, 0) is 0 Å². The molecular weight excluding hydrogens is 242 g/mol. The van der Waals surface area contributed by atoms with Gasteiger partial charge in [0.15, 0.2) is 0 Å². The third kappa shape index (κ3) is 3.63. The van der Waals surface area contributed by atoms with E-state index >= 15 is 0 Å². The molecule has 0 fully saturated rings. The van der Waals surface area contributed by atoms with Crippen molar-refractivity contribution in [3.63, 3.8) is 0 Å². The molecule has 0 saturated heterocycles. The quantitative estimate of drug-likeness (QED) is 0.733. The second-order valence-electron chi connectivity index (χ2n) is 4.21. The van der Waals surface area contributed by atoms with Gasteiger partial charge in [0.1, 0.15) is 0 Å². The zero-order valence-electron chi connectivity index (χ0n) is 10.4. The van der Waals surface area contributed by atoms with Crippen LogP contribution in [0.4, 0.5) is 0 Å². The first kappa shape index (κ1) is 12.7. The number of hydrogen-bond acceptors (Lipinski definition) is 0. The molecule has 17 heavy (non-hydrogen) atoms. The van der Waals surface area contributed by atoms with Crippen LogP contribution >= 0.6 is 15.8 Å². The Hall–Kier alpha value is -0.700. The molecule has 2 atom stereocenters. The Balaban J connectivity index is 2.02. The molecule has 0 nitrogen and oxygen atoms in total. The van der Waals surface area contributed by atoms with Gasteiger partial charge in [-0.05, 0) is 29.8 Å². The number of benzene rings is 2. The minimum Gasteiger partial charge on any atom is -0.0738 e. The standard InChI is InChI=1S/C15H18P2/c1-16(14-9-5-3-6-10-14)13-17(2)15-11-7-4-8-12-15/h3-12H,13H2,1-2H3/t16-,17+. The minimum absolute atomic E-state index is 0.00989. The van der Waals surface area contributed by atoms with Gasteiger partial charge in [-0.1, -0.05) is 76.5 Å². The van der Waals surface area contributed by atoms with Crippen LogP contribution in [-0.4, -0.2) is 19.2 Å². The van der Waals surface area contributed by atoms with Gasteiger partial charge < -0.3 is 0 Å². The molecule has 0 radical (unpaired) electrons. The topological polar surface area (TPSA) is 0 Å². The summed E-state index contributed by atoms with van der Waals surface area (Å²) >= 11 is 0. The number of rotatable bonds is 4. The lowest BCUT2D eigenvalue weighted by molar-refractivity contribution is 1.75. The molecule has 2 heteroatoms. The van der Waals surface area contributed by atoms with Crippen molar-refractivity contribution >= 4 is 26.5 Å². The summed E-state index contributed by atoms with van der Waals surface area (Å²) in [5.74, 6) is 1.33. The summed E-state index contributed by atoms with van der Waals surface area (Å²) < 4.78 is 0. The Bertz CT molecular complexity index is 395. The summed E-state index contributed by atoms with van der Waals surface area (Å²) in [5.41, 5.74) is 0. The normalized spacial score (nSPS) is 14.2. The molecule has 0 aromatic heterocycles. The van der Waals surface area contributed by atoms with E-state index in [1.54, 1.807) is 0 Å². The van der Waals surface area contributed by atoms with E-state index in [1.165, 1.54) is 16.5 Å². The first-order valence-corrected chi connectivity index (χ1v) is 9.74. The predicted molar refractivity (Wildman–Crippen MR) is 82.7 cm³/mol. The van der Waals surface area contributed by atoms with Gasteiger partial charge >= 0.3 is 0 Å². The Morgan fingerprint density at radius 1 is 0.647 bits per heavy atom. The largest absolute Gasteiger partial charge is 0.0738 e. The molecule has 0 amide bonds. The molecule has 88 valence electrons. The van der Waals surface area contributed by atoms with E-state index in [4.69, 9.17) is 0 Å². The highest BCUT2D eigenvalue weighted by Gasteiger charge is 2.10. The summed E-state index contributed by atoms with van der Waals surface area (Å²) in [5, 5.41) is 3.04. The SMILES string of the molecule is C[P@](C[P@](C)c1ccccc1)c1ccccc1. The highest BCUT2D eigenvalue weighted by molar-refractivity contribution is 7.81. The van der Waals surface area contributed by atoms with Crippen LogP contribution in [0.5, 0.6) is 0 Å². The zero-order chi connectivity index (χ0) is 12.1. The molecule has 0 bridgehead atoms. The second-order valence-corrected chi connectivity index (χ2v) is 9.16. The van der Waals surface area contributed by atoms with Crippen molar-refractivity contribution in [3.8, 4) is 0 Å². The molecule has 2 aromatic rings. The van der Waals surface area contributed by atoms with Crippen LogP contribution in [0.25, 0.3) is 0 Å². The van der Waals surface area contributed by atoms with Crippen molar-refractivity contribution in [2.24, 2.45) is 0 Å². The monoisotopic (exact) mass is 260 g/mol. The maximum Gasteiger partial charge on any atom is -0.00449 e. The molecule has 2 rings (SSSR count). The maximum atomic E-state index is 2.40. The lowest BCUT2D eigenvalue weighted by Gasteiger charge is -2.18. The molecular formula is C15H18P2. The van der Waals surface area contributed by atoms with Gasteiger partial charge in [-0.3, -0.25) is 0 Å². The van der Waals surface area contributed by atoms with Crippen molar-refractivity contribution in [2.75, 3.05) is 19.2 Å². The Labute approximate surface area is 107 Å². The van der Waals surface area contributed by atoms with Crippen LogP contribution in [0, 0.1) is 0 Å². The molecule has 0 heterocycles. The van der Waals surface area contributed by atoms with Crippen molar-refractivity contribution in [2.45, 2.75) is 0 Å².